The fourth-order valence-electron chi connectivity index (χ4n) is 2.11. The highest BCUT2D eigenvalue weighted by Gasteiger charge is 2.11. The molecule has 0 aliphatic carbocycles. The summed E-state index contributed by atoms with van der Waals surface area (Å²) in [5, 5.41) is 3.55. The molecule has 5 heteroatoms. The summed E-state index contributed by atoms with van der Waals surface area (Å²) in [5.74, 6) is 0.982. The Morgan fingerprint density at radius 1 is 1.25 bits per heavy atom. The van der Waals surface area contributed by atoms with Crippen molar-refractivity contribution >= 4 is 23.3 Å². The molecule has 0 saturated carbocycles. The van der Waals surface area contributed by atoms with Crippen LogP contribution in [0.5, 0.6) is 0 Å². The van der Waals surface area contributed by atoms with E-state index >= 15 is 0 Å². The van der Waals surface area contributed by atoms with Gasteiger partial charge < -0.3 is 5.32 Å². The average molecular weight is 307 g/mol. The number of hydrogen-bond donors (Lipinski definition) is 1. The van der Waals surface area contributed by atoms with Crippen molar-refractivity contribution < 1.29 is 0 Å². The maximum absolute atomic E-state index is 4.22. The van der Waals surface area contributed by atoms with Crippen molar-refractivity contribution in [3.8, 4) is 0 Å². The Kier molecular flexibility index (Phi) is 6.50. The lowest BCUT2D eigenvalue weighted by Crippen LogP contribution is -2.22. The zero-order valence-electron chi connectivity index (χ0n) is 12.0. The number of nitrogens with one attached hydrogen (secondary N) is 1. The lowest BCUT2D eigenvalue weighted by Gasteiger charge is -2.17. The van der Waals surface area contributed by atoms with Crippen LogP contribution in [0.2, 0.25) is 0 Å². The molecule has 0 fully saturated rings. The fourth-order valence-corrected chi connectivity index (χ4v) is 3.67. The Morgan fingerprint density at radius 2 is 2.05 bits per heavy atom. The molecule has 0 saturated heterocycles. The van der Waals surface area contributed by atoms with E-state index in [9.17, 15) is 0 Å². The topological polar surface area (TPSA) is 37.8 Å². The average Bonchev–Trinajstić information content (AvgIpc) is 2.98. The van der Waals surface area contributed by atoms with Gasteiger partial charge in [-0.05, 0) is 35.6 Å². The summed E-state index contributed by atoms with van der Waals surface area (Å²) in [7, 11) is 0. The summed E-state index contributed by atoms with van der Waals surface area (Å²) in [6.07, 6.45) is 3.98. The standard InChI is InChI=1S/C15H21N3S2/c1-3-5-12-6-8-13(9-7-12)14(16-4-2)10-19-15-17-11-18-20-15/h6-9,11,14,16H,3-5,10H2,1-2H3. The van der Waals surface area contributed by atoms with Gasteiger partial charge in [0.25, 0.3) is 0 Å². The van der Waals surface area contributed by atoms with Crippen molar-refractivity contribution in [1.82, 2.24) is 14.7 Å². The van der Waals surface area contributed by atoms with Crippen molar-refractivity contribution in [1.29, 1.82) is 0 Å². The molecular weight excluding hydrogens is 286 g/mol. The molecular formula is C15H21N3S2. The smallest absolute Gasteiger partial charge is 0.169 e. The van der Waals surface area contributed by atoms with Gasteiger partial charge in [0, 0.05) is 11.8 Å². The molecule has 2 aromatic rings. The first-order valence-electron chi connectivity index (χ1n) is 7.05. The summed E-state index contributed by atoms with van der Waals surface area (Å²) in [6.45, 7) is 5.33. The zero-order chi connectivity index (χ0) is 14.2. The second-order valence-corrected chi connectivity index (χ2v) is 6.67. The highest BCUT2D eigenvalue weighted by molar-refractivity contribution is 8.00. The number of thioether (sulfide) groups is 1. The summed E-state index contributed by atoms with van der Waals surface area (Å²) in [5.41, 5.74) is 2.77. The fraction of sp³-hybridized carbons (Fsp3) is 0.467. The molecule has 0 amide bonds. The SMILES string of the molecule is CCCc1ccc(C(CSc2ncns2)NCC)cc1. The minimum absolute atomic E-state index is 0.365. The van der Waals surface area contributed by atoms with Crippen molar-refractivity contribution in [2.75, 3.05) is 12.3 Å². The Hall–Kier alpha value is -0.910. The first-order valence-corrected chi connectivity index (χ1v) is 8.81. The van der Waals surface area contributed by atoms with E-state index in [1.54, 1.807) is 18.1 Å². The van der Waals surface area contributed by atoms with Crippen LogP contribution in [-0.4, -0.2) is 21.7 Å². The maximum Gasteiger partial charge on any atom is 0.169 e. The van der Waals surface area contributed by atoms with Crippen molar-refractivity contribution in [3.05, 3.63) is 41.7 Å². The Labute approximate surface area is 129 Å². The van der Waals surface area contributed by atoms with Crippen LogP contribution in [0, 0.1) is 0 Å². The summed E-state index contributed by atoms with van der Waals surface area (Å²) < 4.78 is 5.08. The second-order valence-electron chi connectivity index (χ2n) is 4.62. The first kappa shape index (κ1) is 15.5. The van der Waals surface area contributed by atoms with Crippen LogP contribution in [0.1, 0.15) is 37.4 Å². The van der Waals surface area contributed by atoms with Crippen LogP contribution in [0.4, 0.5) is 0 Å². The van der Waals surface area contributed by atoms with Crippen molar-refractivity contribution in [2.24, 2.45) is 0 Å². The predicted molar refractivity (Wildman–Crippen MR) is 87.5 cm³/mol. The molecule has 0 spiro atoms. The van der Waals surface area contributed by atoms with E-state index in [1.165, 1.54) is 29.1 Å². The molecule has 0 radical (unpaired) electrons. The third-order valence-corrected chi connectivity index (χ3v) is 4.98. The van der Waals surface area contributed by atoms with E-state index in [0.717, 1.165) is 23.1 Å². The van der Waals surface area contributed by atoms with Gasteiger partial charge in [-0.3, -0.25) is 0 Å². The number of nitrogens with zero attached hydrogens (tertiary/aromatic N) is 2. The molecule has 1 heterocycles. The zero-order valence-corrected chi connectivity index (χ0v) is 13.6. The predicted octanol–water partition coefficient (Wildman–Crippen LogP) is 3.93. The van der Waals surface area contributed by atoms with Gasteiger partial charge in [-0.25, -0.2) is 4.98 Å². The van der Waals surface area contributed by atoms with Gasteiger partial charge in [-0.15, -0.1) is 0 Å². The maximum atomic E-state index is 4.22. The van der Waals surface area contributed by atoms with Crippen molar-refractivity contribution in [3.63, 3.8) is 0 Å². The van der Waals surface area contributed by atoms with Gasteiger partial charge in [0.15, 0.2) is 4.34 Å². The van der Waals surface area contributed by atoms with Gasteiger partial charge in [0.1, 0.15) is 6.33 Å². The number of hydrogen-bond acceptors (Lipinski definition) is 5. The third kappa shape index (κ3) is 4.58. The molecule has 1 unspecified atom stereocenters. The first-order chi connectivity index (χ1) is 9.83. The van der Waals surface area contributed by atoms with Gasteiger partial charge >= 0.3 is 0 Å². The van der Waals surface area contributed by atoms with E-state index in [0.29, 0.717) is 6.04 Å². The minimum Gasteiger partial charge on any atom is -0.309 e. The quantitative estimate of drug-likeness (QED) is 0.750. The van der Waals surface area contributed by atoms with Crippen LogP contribution in [-0.2, 0) is 6.42 Å². The molecule has 1 aromatic carbocycles. The minimum atomic E-state index is 0.365. The van der Waals surface area contributed by atoms with Crippen LogP contribution >= 0.6 is 23.3 Å². The molecule has 3 nitrogen and oxygen atoms in total. The Morgan fingerprint density at radius 3 is 2.65 bits per heavy atom. The second kappa shape index (κ2) is 8.39. The molecule has 108 valence electrons. The Bertz CT molecular complexity index is 482. The van der Waals surface area contributed by atoms with Gasteiger partial charge in [0.05, 0.1) is 0 Å². The van der Waals surface area contributed by atoms with Crippen LogP contribution in [0.3, 0.4) is 0 Å². The number of aryl methyl sites for hydroxylation is 1. The lowest BCUT2D eigenvalue weighted by molar-refractivity contribution is 0.605. The van der Waals surface area contributed by atoms with E-state index < -0.39 is 0 Å². The van der Waals surface area contributed by atoms with Gasteiger partial charge in [-0.2, -0.15) is 4.37 Å². The van der Waals surface area contributed by atoms with E-state index in [-0.39, 0.29) is 0 Å². The number of rotatable bonds is 8. The number of aromatic nitrogens is 2. The van der Waals surface area contributed by atoms with E-state index in [1.807, 2.05) is 0 Å². The molecule has 20 heavy (non-hydrogen) atoms. The Balaban J connectivity index is 1.99. The van der Waals surface area contributed by atoms with Gasteiger partial charge in [-0.1, -0.05) is 56.3 Å². The lowest BCUT2D eigenvalue weighted by atomic mass is 10.0. The summed E-state index contributed by atoms with van der Waals surface area (Å²) >= 11 is 3.23. The molecule has 1 atom stereocenters. The van der Waals surface area contributed by atoms with Gasteiger partial charge in [0.2, 0.25) is 0 Å². The number of benzene rings is 1. The molecule has 0 aliphatic rings. The highest BCUT2D eigenvalue weighted by Crippen LogP contribution is 2.25. The normalized spacial score (nSPS) is 12.5. The molecule has 2 rings (SSSR count). The monoisotopic (exact) mass is 307 g/mol. The van der Waals surface area contributed by atoms with E-state index in [4.69, 9.17) is 0 Å². The summed E-state index contributed by atoms with van der Waals surface area (Å²) in [6, 6.07) is 9.36. The van der Waals surface area contributed by atoms with Crippen LogP contribution in [0.25, 0.3) is 0 Å². The van der Waals surface area contributed by atoms with Crippen LogP contribution in [0.15, 0.2) is 34.9 Å². The molecule has 0 aliphatic heterocycles. The largest absolute Gasteiger partial charge is 0.309 e. The van der Waals surface area contributed by atoms with Crippen molar-refractivity contribution in [2.45, 2.75) is 37.1 Å². The summed E-state index contributed by atoms with van der Waals surface area (Å²) in [4.78, 5) is 4.22. The highest BCUT2D eigenvalue weighted by atomic mass is 32.2. The molecule has 0 bridgehead atoms. The van der Waals surface area contributed by atoms with Crippen LogP contribution < -0.4 is 5.32 Å². The van der Waals surface area contributed by atoms with E-state index in [2.05, 4.69) is 52.8 Å². The molecule has 1 aromatic heterocycles. The third-order valence-electron chi connectivity index (χ3n) is 3.09. The molecule has 1 N–H and O–H groups in total.